The Bertz CT molecular complexity index is 541. The van der Waals surface area contributed by atoms with Crippen molar-refractivity contribution in [2.24, 2.45) is 11.7 Å². The molecule has 2 aromatic rings. The number of hydrogen-bond acceptors (Lipinski definition) is 1. The molecule has 0 amide bonds. The van der Waals surface area contributed by atoms with Crippen LogP contribution in [0.4, 0.5) is 0 Å². The second-order valence-electron chi connectivity index (χ2n) is 6.25. The molecule has 2 rings (SSSR count). The molecule has 1 nitrogen and oxygen atoms in total. The van der Waals surface area contributed by atoms with Gasteiger partial charge in [0, 0.05) is 6.04 Å². The molecule has 2 unspecified atom stereocenters. The van der Waals surface area contributed by atoms with E-state index < -0.39 is 0 Å². The molecule has 2 atom stereocenters. The first-order valence-corrected chi connectivity index (χ1v) is 8.46. The lowest BCUT2D eigenvalue weighted by Crippen LogP contribution is -2.26. The Hall–Kier alpha value is -1.34. The molecule has 0 aliphatic carbocycles. The molecule has 2 N–H and O–H groups in total. The second-order valence-corrected chi connectivity index (χ2v) is 6.25. The highest BCUT2D eigenvalue weighted by Gasteiger charge is 2.13. The molecule has 21 heavy (non-hydrogen) atoms. The van der Waals surface area contributed by atoms with Gasteiger partial charge >= 0.3 is 0 Å². The van der Waals surface area contributed by atoms with Crippen LogP contribution in [0.3, 0.4) is 0 Å². The van der Waals surface area contributed by atoms with Crippen LogP contribution in [-0.2, 0) is 6.42 Å². The van der Waals surface area contributed by atoms with E-state index in [0.29, 0.717) is 0 Å². The van der Waals surface area contributed by atoms with Crippen LogP contribution in [0, 0.1) is 5.92 Å². The van der Waals surface area contributed by atoms with Crippen molar-refractivity contribution < 1.29 is 0 Å². The van der Waals surface area contributed by atoms with Crippen LogP contribution in [0.1, 0.15) is 51.5 Å². The summed E-state index contributed by atoms with van der Waals surface area (Å²) in [5.41, 5.74) is 7.84. The van der Waals surface area contributed by atoms with Gasteiger partial charge in [0.15, 0.2) is 0 Å². The molecule has 114 valence electrons. The fourth-order valence-electron chi connectivity index (χ4n) is 3.25. The number of nitrogens with two attached hydrogens (primary N) is 1. The number of fused-ring (bicyclic) bond motifs is 1. The fraction of sp³-hybridized carbons (Fsp3) is 0.500. The van der Waals surface area contributed by atoms with Crippen molar-refractivity contribution in [2.75, 3.05) is 0 Å². The van der Waals surface area contributed by atoms with E-state index in [1.54, 1.807) is 0 Å². The summed E-state index contributed by atoms with van der Waals surface area (Å²) in [5, 5.41) is 2.68. The lowest BCUT2D eigenvalue weighted by molar-refractivity contribution is 0.383. The topological polar surface area (TPSA) is 26.0 Å². The van der Waals surface area contributed by atoms with Gasteiger partial charge in [0.1, 0.15) is 0 Å². The second kappa shape index (κ2) is 8.19. The van der Waals surface area contributed by atoms with Gasteiger partial charge < -0.3 is 5.73 Å². The highest BCUT2D eigenvalue weighted by molar-refractivity contribution is 5.85. The Labute approximate surface area is 129 Å². The van der Waals surface area contributed by atoms with Crippen LogP contribution in [0.15, 0.2) is 42.5 Å². The highest BCUT2D eigenvalue weighted by Crippen LogP contribution is 2.23. The van der Waals surface area contributed by atoms with Crippen LogP contribution in [-0.4, -0.2) is 6.04 Å². The van der Waals surface area contributed by atoms with Crippen molar-refractivity contribution in [1.82, 2.24) is 0 Å². The van der Waals surface area contributed by atoms with Gasteiger partial charge in [0.2, 0.25) is 0 Å². The average molecular weight is 283 g/mol. The largest absolute Gasteiger partial charge is 0.327 e. The number of hydrogen-bond donors (Lipinski definition) is 1. The number of rotatable bonds is 8. The molecule has 0 radical (unpaired) electrons. The summed E-state index contributed by atoms with van der Waals surface area (Å²) in [5.74, 6) is 0.787. The summed E-state index contributed by atoms with van der Waals surface area (Å²) in [6, 6.07) is 15.5. The van der Waals surface area contributed by atoms with E-state index >= 15 is 0 Å². The van der Waals surface area contributed by atoms with Gasteiger partial charge in [-0.15, -0.1) is 0 Å². The number of unbranched alkanes of at least 4 members (excludes halogenated alkanes) is 1. The summed E-state index contributed by atoms with van der Waals surface area (Å²) >= 11 is 0. The van der Waals surface area contributed by atoms with E-state index in [1.165, 1.54) is 42.0 Å². The normalized spacial score (nSPS) is 14.2. The maximum Gasteiger partial charge on any atom is 0.00821 e. The SMILES string of the molecule is CCCCC(CC)CC(N)Cc1cccc2ccccc12. The van der Waals surface area contributed by atoms with Crippen molar-refractivity contribution >= 4 is 10.8 Å². The summed E-state index contributed by atoms with van der Waals surface area (Å²) < 4.78 is 0. The third kappa shape index (κ3) is 4.57. The molecule has 0 aliphatic rings. The quantitative estimate of drug-likeness (QED) is 0.697. The number of benzene rings is 2. The molecular weight excluding hydrogens is 254 g/mol. The predicted octanol–water partition coefficient (Wildman–Crippen LogP) is 5.32. The first-order chi connectivity index (χ1) is 10.2. The summed E-state index contributed by atoms with van der Waals surface area (Å²) in [4.78, 5) is 0. The molecule has 0 bridgehead atoms. The molecule has 0 fully saturated rings. The lowest BCUT2D eigenvalue weighted by atomic mass is 9.89. The van der Waals surface area contributed by atoms with E-state index in [0.717, 1.165) is 18.8 Å². The molecule has 0 aliphatic heterocycles. The molecule has 0 saturated heterocycles. The van der Waals surface area contributed by atoms with Crippen LogP contribution in [0.25, 0.3) is 10.8 Å². The van der Waals surface area contributed by atoms with Crippen molar-refractivity contribution in [3.05, 3.63) is 48.0 Å². The molecule has 0 spiro atoms. The van der Waals surface area contributed by atoms with Crippen molar-refractivity contribution in [2.45, 2.75) is 58.4 Å². The molecule has 0 heterocycles. The minimum Gasteiger partial charge on any atom is -0.327 e. The van der Waals surface area contributed by atoms with E-state index in [2.05, 4.69) is 56.3 Å². The smallest absolute Gasteiger partial charge is 0.00821 e. The Morgan fingerprint density at radius 3 is 2.52 bits per heavy atom. The zero-order chi connectivity index (χ0) is 15.1. The van der Waals surface area contributed by atoms with Crippen LogP contribution in [0.2, 0.25) is 0 Å². The standard InChI is InChI=1S/C20H29N/c1-3-5-9-16(4-2)14-19(21)15-18-12-8-11-17-10-6-7-13-20(17)18/h6-8,10-13,16,19H,3-5,9,14-15,21H2,1-2H3. The minimum atomic E-state index is 0.276. The van der Waals surface area contributed by atoms with Crippen molar-refractivity contribution in [3.63, 3.8) is 0 Å². The first-order valence-electron chi connectivity index (χ1n) is 8.46. The maximum atomic E-state index is 6.44. The van der Waals surface area contributed by atoms with E-state index in [-0.39, 0.29) is 6.04 Å². The van der Waals surface area contributed by atoms with Gasteiger partial charge in [0.25, 0.3) is 0 Å². The molecule has 1 heteroatoms. The van der Waals surface area contributed by atoms with Crippen molar-refractivity contribution in [1.29, 1.82) is 0 Å². The van der Waals surface area contributed by atoms with Crippen molar-refractivity contribution in [3.8, 4) is 0 Å². The first kappa shape index (κ1) is 16.0. The lowest BCUT2D eigenvalue weighted by Gasteiger charge is -2.20. The summed E-state index contributed by atoms with van der Waals surface area (Å²) in [7, 11) is 0. The Morgan fingerprint density at radius 2 is 1.76 bits per heavy atom. The van der Waals surface area contributed by atoms with Gasteiger partial charge in [0.05, 0.1) is 0 Å². The maximum absolute atomic E-state index is 6.44. The van der Waals surface area contributed by atoms with Crippen LogP contribution >= 0.6 is 0 Å². The molecule has 0 saturated carbocycles. The molecule has 2 aromatic carbocycles. The van der Waals surface area contributed by atoms with Gasteiger partial charge in [-0.25, -0.2) is 0 Å². The summed E-state index contributed by atoms with van der Waals surface area (Å²) in [6.45, 7) is 4.56. The monoisotopic (exact) mass is 283 g/mol. The fourth-order valence-corrected chi connectivity index (χ4v) is 3.25. The van der Waals surface area contributed by atoms with Crippen LogP contribution < -0.4 is 5.73 Å². The van der Waals surface area contributed by atoms with E-state index in [1.807, 2.05) is 0 Å². The van der Waals surface area contributed by atoms with Gasteiger partial charge in [-0.1, -0.05) is 82.0 Å². The zero-order valence-electron chi connectivity index (χ0n) is 13.5. The molecular formula is C20H29N. The zero-order valence-corrected chi connectivity index (χ0v) is 13.5. The molecule has 0 aromatic heterocycles. The minimum absolute atomic E-state index is 0.276. The predicted molar refractivity (Wildman–Crippen MR) is 93.6 cm³/mol. The third-order valence-corrected chi connectivity index (χ3v) is 4.54. The Morgan fingerprint density at radius 1 is 1.00 bits per heavy atom. The van der Waals surface area contributed by atoms with Gasteiger partial charge in [-0.3, -0.25) is 0 Å². The van der Waals surface area contributed by atoms with Gasteiger partial charge in [-0.2, -0.15) is 0 Å². The Balaban J connectivity index is 2.02. The van der Waals surface area contributed by atoms with Crippen LogP contribution in [0.5, 0.6) is 0 Å². The van der Waals surface area contributed by atoms with Gasteiger partial charge in [-0.05, 0) is 35.1 Å². The summed E-state index contributed by atoms with van der Waals surface area (Å²) in [6.07, 6.45) is 7.34. The van der Waals surface area contributed by atoms with E-state index in [9.17, 15) is 0 Å². The highest BCUT2D eigenvalue weighted by atomic mass is 14.6. The average Bonchev–Trinajstić information content (AvgIpc) is 2.51. The third-order valence-electron chi connectivity index (χ3n) is 4.54. The Kier molecular flexibility index (Phi) is 6.25. The van der Waals surface area contributed by atoms with E-state index in [4.69, 9.17) is 5.73 Å².